The van der Waals surface area contributed by atoms with Crippen LogP contribution in [-0.4, -0.2) is 39.6 Å². The number of hydrogen-bond acceptors (Lipinski definition) is 5. The van der Waals surface area contributed by atoms with Gasteiger partial charge in [-0.05, 0) is 93.3 Å². The first-order chi connectivity index (χ1) is 19.3. The molecule has 3 aromatic carbocycles. The lowest BCUT2D eigenvalue weighted by Gasteiger charge is -2.32. The average molecular weight is 541 g/mol. The van der Waals surface area contributed by atoms with E-state index in [2.05, 4.69) is 5.32 Å². The van der Waals surface area contributed by atoms with Gasteiger partial charge in [0.2, 0.25) is 0 Å². The number of benzene rings is 3. The highest BCUT2D eigenvalue weighted by Crippen LogP contribution is 2.28. The highest BCUT2D eigenvalue weighted by atomic mass is 16.5. The Bertz CT molecular complexity index is 1580. The Kier molecular flexibility index (Phi) is 8.99. The molecule has 0 saturated heterocycles. The number of fused-ring (bicyclic) bond motifs is 1. The zero-order chi connectivity index (χ0) is 28.8. The number of aryl methyl sites for hydroxylation is 2. The molecule has 1 N–H and O–H groups in total. The summed E-state index contributed by atoms with van der Waals surface area (Å²) in [4.78, 5) is 46.3. The van der Waals surface area contributed by atoms with E-state index >= 15 is 0 Å². The molecule has 0 spiro atoms. The molecular weight excluding hydrogens is 504 g/mol. The number of urea groups is 1. The fraction of sp³-hybridized carbons (Fsp3) is 0.312. The number of carbonyl (C=O) groups excluding carboxylic acids is 2. The van der Waals surface area contributed by atoms with Crippen LogP contribution in [0.4, 0.5) is 10.5 Å². The van der Waals surface area contributed by atoms with Crippen molar-refractivity contribution in [3.63, 3.8) is 0 Å². The van der Waals surface area contributed by atoms with Crippen molar-refractivity contribution in [3.8, 4) is 5.69 Å². The standard InChI is InChI=1S/C32H36N4O4/c1-6-19-35(32(39)33-24-16-14-23(15-17-24)31(38)40-8-3)28(7-2)29-34-27-12-10-9-11-26(27)30(37)36(29)25-18-13-21(4)22(5)20-25/h9-18,20,28H,6-8,19H2,1-5H3,(H,33,39). The lowest BCUT2D eigenvalue weighted by molar-refractivity contribution is 0.0526. The maximum atomic E-state index is 13.9. The van der Waals surface area contributed by atoms with Gasteiger partial charge in [-0.3, -0.25) is 9.36 Å². The molecule has 40 heavy (non-hydrogen) atoms. The monoisotopic (exact) mass is 540 g/mol. The summed E-state index contributed by atoms with van der Waals surface area (Å²) in [6.45, 7) is 10.5. The van der Waals surface area contributed by atoms with Crippen molar-refractivity contribution in [1.82, 2.24) is 14.5 Å². The minimum atomic E-state index is -0.474. The van der Waals surface area contributed by atoms with E-state index in [0.717, 1.165) is 11.1 Å². The van der Waals surface area contributed by atoms with Gasteiger partial charge in [-0.2, -0.15) is 0 Å². The first-order valence-corrected chi connectivity index (χ1v) is 13.7. The van der Waals surface area contributed by atoms with Crippen molar-refractivity contribution in [1.29, 1.82) is 0 Å². The largest absolute Gasteiger partial charge is 0.462 e. The summed E-state index contributed by atoms with van der Waals surface area (Å²) in [7, 11) is 0. The van der Waals surface area contributed by atoms with Crippen LogP contribution in [0.5, 0.6) is 0 Å². The Labute approximate surface area is 234 Å². The topological polar surface area (TPSA) is 93.5 Å². The van der Waals surface area contributed by atoms with Gasteiger partial charge in [0, 0.05) is 12.2 Å². The van der Waals surface area contributed by atoms with Gasteiger partial charge >= 0.3 is 12.0 Å². The van der Waals surface area contributed by atoms with E-state index in [1.807, 2.05) is 64.1 Å². The van der Waals surface area contributed by atoms with E-state index in [0.29, 0.717) is 53.1 Å². The van der Waals surface area contributed by atoms with Crippen molar-refractivity contribution in [2.45, 2.75) is 53.5 Å². The van der Waals surface area contributed by atoms with E-state index in [9.17, 15) is 14.4 Å². The van der Waals surface area contributed by atoms with Crippen LogP contribution in [0.1, 0.15) is 67.0 Å². The number of nitrogens with one attached hydrogen (secondary N) is 1. The molecule has 1 atom stereocenters. The van der Waals surface area contributed by atoms with E-state index < -0.39 is 12.0 Å². The third-order valence-corrected chi connectivity index (χ3v) is 6.98. The first-order valence-electron chi connectivity index (χ1n) is 13.7. The van der Waals surface area contributed by atoms with Gasteiger partial charge in [-0.15, -0.1) is 0 Å². The van der Waals surface area contributed by atoms with Crippen LogP contribution in [0.2, 0.25) is 0 Å². The maximum Gasteiger partial charge on any atom is 0.338 e. The van der Waals surface area contributed by atoms with Gasteiger partial charge in [-0.25, -0.2) is 14.6 Å². The van der Waals surface area contributed by atoms with Crippen molar-refractivity contribution in [3.05, 3.63) is 99.6 Å². The van der Waals surface area contributed by atoms with E-state index in [4.69, 9.17) is 9.72 Å². The molecule has 0 saturated carbocycles. The molecule has 0 bridgehead atoms. The number of aromatic nitrogens is 2. The van der Waals surface area contributed by atoms with Gasteiger partial charge in [0.1, 0.15) is 5.82 Å². The van der Waals surface area contributed by atoms with Gasteiger partial charge in [0.05, 0.1) is 34.8 Å². The molecule has 2 amide bonds. The minimum absolute atomic E-state index is 0.172. The Morgan fingerprint density at radius 2 is 1.70 bits per heavy atom. The number of anilines is 1. The fourth-order valence-electron chi connectivity index (χ4n) is 4.77. The van der Waals surface area contributed by atoms with Gasteiger partial charge in [-0.1, -0.05) is 32.0 Å². The summed E-state index contributed by atoms with van der Waals surface area (Å²) in [5.74, 6) is 0.0986. The maximum absolute atomic E-state index is 13.9. The molecular formula is C32H36N4O4. The van der Waals surface area contributed by atoms with Crippen LogP contribution >= 0.6 is 0 Å². The summed E-state index contributed by atoms with van der Waals surface area (Å²) in [6.07, 6.45) is 1.26. The van der Waals surface area contributed by atoms with Crippen LogP contribution in [0.15, 0.2) is 71.5 Å². The number of para-hydroxylation sites is 1. The number of hydrogen-bond donors (Lipinski definition) is 1. The van der Waals surface area contributed by atoms with Crippen LogP contribution in [0.25, 0.3) is 16.6 Å². The zero-order valence-corrected chi connectivity index (χ0v) is 23.7. The Morgan fingerprint density at radius 3 is 2.35 bits per heavy atom. The van der Waals surface area contributed by atoms with E-state index in [1.54, 1.807) is 46.7 Å². The molecule has 0 aliphatic rings. The smallest absolute Gasteiger partial charge is 0.338 e. The molecule has 0 fully saturated rings. The third kappa shape index (κ3) is 5.91. The fourth-order valence-corrected chi connectivity index (χ4v) is 4.77. The highest BCUT2D eigenvalue weighted by molar-refractivity contribution is 5.92. The van der Waals surface area contributed by atoms with Crippen LogP contribution in [-0.2, 0) is 4.74 Å². The molecule has 8 heteroatoms. The lowest BCUT2D eigenvalue weighted by Crippen LogP contribution is -2.41. The van der Waals surface area contributed by atoms with E-state index in [1.165, 1.54) is 0 Å². The summed E-state index contributed by atoms with van der Waals surface area (Å²) in [5.41, 5.74) is 4.28. The molecule has 1 aromatic heterocycles. The van der Waals surface area contributed by atoms with E-state index in [-0.39, 0.29) is 18.2 Å². The van der Waals surface area contributed by atoms with Crippen molar-refractivity contribution >= 4 is 28.6 Å². The summed E-state index contributed by atoms with van der Waals surface area (Å²) in [5, 5.41) is 3.48. The number of esters is 1. The summed E-state index contributed by atoms with van der Waals surface area (Å²) >= 11 is 0. The quantitative estimate of drug-likeness (QED) is 0.242. The second kappa shape index (κ2) is 12.6. The number of rotatable bonds is 9. The molecule has 4 aromatic rings. The summed E-state index contributed by atoms with van der Waals surface area (Å²) < 4.78 is 6.69. The van der Waals surface area contributed by atoms with Crippen molar-refractivity contribution < 1.29 is 14.3 Å². The molecule has 1 heterocycles. The molecule has 1 unspecified atom stereocenters. The summed E-state index contributed by atoms with van der Waals surface area (Å²) in [6, 6.07) is 19.0. The average Bonchev–Trinajstić information content (AvgIpc) is 2.95. The lowest BCUT2D eigenvalue weighted by atomic mass is 10.1. The first kappa shape index (κ1) is 28.5. The van der Waals surface area contributed by atoms with Gasteiger partial charge in [0.15, 0.2) is 0 Å². The molecule has 8 nitrogen and oxygen atoms in total. The predicted molar refractivity (Wildman–Crippen MR) is 158 cm³/mol. The number of amides is 2. The second-order valence-corrected chi connectivity index (χ2v) is 9.74. The number of nitrogens with zero attached hydrogens (tertiary/aromatic N) is 3. The van der Waals surface area contributed by atoms with Crippen molar-refractivity contribution in [2.75, 3.05) is 18.5 Å². The number of carbonyl (C=O) groups is 2. The van der Waals surface area contributed by atoms with Crippen LogP contribution in [0.3, 0.4) is 0 Å². The minimum Gasteiger partial charge on any atom is -0.462 e. The van der Waals surface area contributed by atoms with Crippen LogP contribution in [0, 0.1) is 13.8 Å². The van der Waals surface area contributed by atoms with Crippen molar-refractivity contribution in [2.24, 2.45) is 0 Å². The Balaban J connectivity index is 1.77. The molecule has 0 aliphatic heterocycles. The highest BCUT2D eigenvalue weighted by Gasteiger charge is 2.29. The van der Waals surface area contributed by atoms with Crippen LogP contribution < -0.4 is 10.9 Å². The zero-order valence-electron chi connectivity index (χ0n) is 23.7. The molecule has 0 radical (unpaired) electrons. The normalized spacial score (nSPS) is 11.7. The third-order valence-electron chi connectivity index (χ3n) is 6.98. The Morgan fingerprint density at radius 1 is 0.975 bits per heavy atom. The number of ether oxygens (including phenoxy) is 1. The predicted octanol–water partition coefficient (Wildman–Crippen LogP) is 6.57. The Hall–Kier alpha value is -4.46. The SMILES string of the molecule is CCCN(C(=O)Nc1ccc(C(=O)OCC)cc1)C(CC)c1nc2ccccc2c(=O)n1-c1ccc(C)c(C)c1. The second-order valence-electron chi connectivity index (χ2n) is 9.74. The van der Waals surface area contributed by atoms with Gasteiger partial charge in [0.25, 0.3) is 5.56 Å². The molecule has 208 valence electrons. The van der Waals surface area contributed by atoms with Gasteiger partial charge < -0.3 is 15.0 Å². The molecule has 0 aliphatic carbocycles. The molecule has 4 rings (SSSR count).